The highest BCUT2D eigenvalue weighted by Crippen LogP contribution is 2.28. The molecule has 10 heteroatoms. The van der Waals surface area contributed by atoms with Crippen LogP contribution in [0.1, 0.15) is 36.2 Å². The van der Waals surface area contributed by atoms with Gasteiger partial charge in [-0.05, 0) is 85.6 Å². The van der Waals surface area contributed by atoms with Crippen LogP contribution in [0, 0.1) is 0 Å². The largest absolute Gasteiger partial charge is 0.494 e. The molecule has 0 aliphatic heterocycles. The van der Waals surface area contributed by atoms with E-state index in [1.807, 2.05) is 13.8 Å². The van der Waals surface area contributed by atoms with E-state index in [1.165, 1.54) is 19.4 Å². The summed E-state index contributed by atoms with van der Waals surface area (Å²) in [7, 11) is 1.43. The average Bonchev–Trinajstić information content (AvgIpc) is 2.94. The lowest BCUT2D eigenvalue weighted by Crippen LogP contribution is -2.32. The Kier molecular flexibility index (Phi) is 10.2. The Balaban J connectivity index is 1.55. The molecule has 3 aromatic rings. The minimum Gasteiger partial charge on any atom is -0.494 e. The van der Waals surface area contributed by atoms with Gasteiger partial charge in [0.1, 0.15) is 11.5 Å². The number of rotatable bonds is 11. The monoisotopic (exact) mass is 519 g/mol. The molecule has 198 valence electrons. The van der Waals surface area contributed by atoms with Gasteiger partial charge in [0.05, 0.1) is 32.1 Å². The number of hydrogen-bond acceptors (Lipinski definition) is 8. The second-order valence-electron chi connectivity index (χ2n) is 7.78. The number of nitrogens with one attached hydrogen (secondary N) is 2. The summed E-state index contributed by atoms with van der Waals surface area (Å²) < 4.78 is 21.6. The summed E-state index contributed by atoms with van der Waals surface area (Å²) in [4.78, 5) is 36.7. The van der Waals surface area contributed by atoms with Crippen LogP contribution in [0.2, 0.25) is 0 Å². The van der Waals surface area contributed by atoms with Gasteiger partial charge in [-0.25, -0.2) is 10.2 Å². The van der Waals surface area contributed by atoms with Crippen molar-refractivity contribution in [2.45, 2.75) is 20.3 Å². The van der Waals surface area contributed by atoms with Crippen LogP contribution in [-0.2, 0) is 9.59 Å². The van der Waals surface area contributed by atoms with Gasteiger partial charge in [-0.15, -0.1) is 0 Å². The van der Waals surface area contributed by atoms with Crippen LogP contribution in [0.5, 0.6) is 23.0 Å². The highest BCUT2D eigenvalue weighted by atomic mass is 16.6. The summed E-state index contributed by atoms with van der Waals surface area (Å²) in [6.45, 7) is 5.00. The second kappa shape index (κ2) is 14.0. The molecule has 3 rings (SSSR count). The molecule has 2 amide bonds. The minimum atomic E-state index is -0.946. The molecule has 0 bridgehead atoms. The Hall–Kier alpha value is -4.86. The molecule has 38 heavy (non-hydrogen) atoms. The Bertz CT molecular complexity index is 1270. The maximum atomic E-state index is 12.5. The Morgan fingerprint density at radius 3 is 2.18 bits per heavy atom. The summed E-state index contributed by atoms with van der Waals surface area (Å²) >= 11 is 0. The molecule has 0 fully saturated rings. The highest BCUT2D eigenvalue weighted by Gasteiger charge is 2.14. The lowest BCUT2D eigenvalue weighted by Gasteiger charge is -2.10. The van der Waals surface area contributed by atoms with Crippen molar-refractivity contribution in [3.8, 4) is 23.0 Å². The first kappa shape index (κ1) is 27.7. The van der Waals surface area contributed by atoms with Gasteiger partial charge in [-0.2, -0.15) is 5.10 Å². The topological polar surface area (TPSA) is 125 Å². The first-order valence-electron chi connectivity index (χ1n) is 11.9. The Labute approximate surface area is 220 Å². The lowest BCUT2D eigenvalue weighted by atomic mass is 10.2. The van der Waals surface area contributed by atoms with Crippen LogP contribution in [0.3, 0.4) is 0 Å². The van der Waals surface area contributed by atoms with Crippen molar-refractivity contribution in [2.24, 2.45) is 5.10 Å². The number of amides is 2. The zero-order valence-corrected chi connectivity index (χ0v) is 21.4. The number of methoxy groups -OCH3 is 1. The van der Waals surface area contributed by atoms with Gasteiger partial charge in [-0.3, -0.25) is 9.59 Å². The minimum absolute atomic E-state index is 0.208. The van der Waals surface area contributed by atoms with Crippen LogP contribution >= 0.6 is 0 Å². The van der Waals surface area contributed by atoms with Crippen LogP contribution in [-0.4, -0.2) is 44.3 Å². The van der Waals surface area contributed by atoms with Crippen molar-refractivity contribution in [1.82, 2.24) is 5.43 Å². The third kappa shape index (κ3) is 8.09. The summed E-state index contributed by atoms with van der Waals surface area (Å²) in [5, 5.41) is 6.28. The molecule has 0 heterocycles. The standard InChI is InChI=1S/C28H29N3O7/c1-4-16-37-23-11-7-20(8-12-23)28(34)38-24-15-6-19(17-25(24)35-3)18-29-31-27(33)26(32)30-21-9-13-22(14-10-21)36-5-2/h6-15,17-18H,4-5,16H2,1-3H3,(H,30,32)(H,31,33)/b29-18-. The number of esters is 1. The quantitative estimate of drug-likeness (QED) is 0.128. The first-order valence-corrected chi connectivity index (χ1v) is 11.9. The van der Waals surface area contributed by atoms with Crippen molar-refractivity contribution < 1.29 is 33.3 Å². The van der Waals surface area contributed by atoms with Gasteiger partial charge in [0.25, 0.3) is 0 Å². The average molecular weight is 520 g/mol. The summed E-state index contributed by atoms with van der Waals surface area (Å²) in [5.74, 6) is -0.565. The zero-order valence-electron chi connectivity index (χ0n) is 21.4. The van der Waals surface area contributed by atoms with Crippen molar-refractivity contribution >= 4 is 29.7 Å². The van der Waals surface area contributed by atoms with E-state index < -0.39 is 17.8 Å². The number of carbonyl (C=O) groups is 3. The van der Waals surface area contributed by atoms with Crippen molar-refractivity contribution in [1.29, 1.82) is 0 Å². The van der Waals surface area contributed by atoms with Gasteiger partial charge >= 0.3 is 17.8 Å². The third-order valence-corrected chi connectivity index (χ3v) is 4.96. The van der Waals surface area contributed by atoms with Crippen molar-refractivity contribution in [3.05, 3.63) is 77.9 Å². The zero-order chi connectivity index (χ0) is 27.3. The van der Waals surface area contributed by atoms with Gasteiger partial charge in [0.2, 0.25) is 0 Å². The van der Waals surface area contributed by atoms with E-state index in [0.29, 0.717) is 41.5 Å². The molecule has 0 aliphatic carbocycles. The normalized spacial score (nSPS) is 10.5. The van der Waals surface area contributed by atoms with Crippen molar-refractivity contribution in [2.75, 3.05) is 25.6 Å². The number of hydrogen-bond donors (Lipinski definition) is 2. The van der Waals surface area contributed by atoms with E-state index in [9.17, 15) is 14.4 Å². The van der Waals surface area contributed by atoms with Gasteiger partial charge < -0.3 is 24.3 Å². The Morgan fingerprint density at radius 2 is 1.53 bits per heavy atom. The fraction of sp³-hybridized carbons (Fsp3) is 0.214. The molecule has 0 spiro atoms. The van der Waals surface area contributed by atoms with E-state index in [0.717, 1.165) is 6.42 Å². The number of anilines is 1. The van der Waals surface area contributed by atoms with Gasteiger partial charge in [0, 0.05) is 5.69 Å². The molecule has 10 nitrogen and oxygen atoms in total. The van der Waals surface area contributed by atoms with Crippen LogP contribution in [0.15, 0.2) is 71.8 Å². The number of ether oxygens (including phenoxy) is 4. The van der Waals surface area contributed by atoms with Crippen molar-refractivity contribution in [3.63, 3.8) is 0 Å². The maximum absolute atomic E-state index is 12.5. The highest BCUT2D eigenvalue weighted by molar-refractivity contribution is 6.39. The second-order valence-corrected chi connectivity index (χ2v) is 7.78. The molecule has 0 radical (unpaired) electrons. The third-order valence-electron chi connectivity index (χ3n) is 4.96. The number of hydrazone groups is 1. The number of benzene rings is 3. The predicted octanol–water partition coefficient (Wildman–Crippen LogP) is 4.19. The molecule has 0 aliphatic rings. The summed E-state index contributed by atoms with van der Waals surface area (Å²) in [6, 6.07) is 18.0. The molecular formula is C28H29N3O7. The molecular weight excluding hydrogens is 490 g/mol. The Morgan fingerprint density at radius 1 is 0.842 bits per heavy atom. The molecule has 0 atom stereocenters. The summed E-state index contributed by atoms with van der Waals surface area (Å²) in [5.41, 5.74) is 3.49. The maximum Gasteiger partial charge on any atom is 0.343 e. The lowest BCUT2D eigenvalue weighted by molar-refractivity contribution is -0.136. The predicted molar refractivity (Wildman–Crippen MR) is 142 cm³/mol. The number of nitrogens with zero attached hydrogens (tertiary/aromatic N) is 1. The van der Waals surface area contributed by atoms with E-state index in [4.69, 9.17) is 18.9 Å². The van der Waals surface area contributed by atoms with Crippen LogP contribution in [0.4, 0.5) is 5.69 Å². The molecule has 0 saturated heterocycles. The van der Waals surface area contributed by atoms with E-state index in [-0.39, 0.29) is 11.5 Å². The fourth-order valence-corrected chi connectivity index (χ4v) is 3.12. The molecule has 3 aromatic carbocycles. The molecule has 0 aromatic heterocycles. The molecule has 2 N–H and O–H groups in total. The first-order chi connectivity index (χ1) is 18.4. The van der Waals surface area contributed by atoms with Gasteiger partial charge in [0.15, 0.2) is 11.5 Å². The smallest absolute Gasteiger partial charge is 0.343 e. The van der Waals surface area contributed by atoms with E-state index in [1.54, 1.807) is 60.7 Å². The fourth-order valence-electron chi connectivity index (χ4n) is 3.12. The van der Waals surface area contributed by atoms with Crippen LogP contribution in [0.25, 0.3) is 0 Å². The van der Waals surface area contributed by atoms with Gasteiger partial charge in [-0.1, -0.05) is 6.92 Å². The number of carbonyl (C=O) groups excluding carboxylic acids is 3. The van der Waals surface area contributed by atoms with E-state index >= 15 is 0 Å². The SMILES string of the molecule is CCCOc1ccc(C(=O)Oc2ccc(/C=N\NC(=O)C(=O)Nc3ccc(OCC)cc3)cc2OC)cc1. The van der Waals surface area contributed by atoms with Crippen LogP contribution < -0.4 is 29.7 Å². The summed E-state index contributed by atoms with van der Waals surface area (Å²) in [6.07, 6.45) is 2.21. The van der Waals surface area contributed by atoms with E-state index in [2.05, 4.69) is 15.8 Å². The molecule has 0 unspecified atom stereocenters. The molecule has 0 saturated carbocycles.